The van der Waals surface area contributed by atoms with Crippen LogP contribution < -0.4 is 16.3 Å². The number of hydrogen-bond donors (Lipinski definition) is 4. The maximum Gasteiger partial charge on any atom is 0.323 e. The van der Waals surface area contributed by atoms with Gasteiger partial charge in [-0.3, -0.25) is 9.59 Å². The number of rotatable bonds is 4. The number of fused-ring (bicyclic) bond motifs is 1. The first-order chi connectivity index (χ1) is 13.6. The van der Waals surface area contributed by atoms with Crippen LogP contribution in [-0.2, 0) is 0 Å². The Morgan fingerprint density at radius 3 is 2.25 bits per heavy atom. The SMILES string of the molecule is O=C(Nc1ccccc1C(=O)Nc1ccc2[nH]c(=O)[nH]c2c1)c1ccccc1. The monoisotopic (exact) mass is 372 g/mol. The molecule has 3 aromatic carbocycles. The maximum atomic E-state index is 12.8. The summed E-state index contributed by atoms with van der Waals surface area (Å²) in [6.45, 7) is 0. The summed E-state index contributed by atoms with van der Waals surface area (Å²) in [5, 5.41) is 5.56. The second kappa shape index (κ2) is 7.24. The molecule has 0 saturated heterocycles. The molecule has 138 valence electrons. The van der Waals surface area contributed by atoms with Crippen LogP contribution in [-0.4, -0.2) is 21.8 Å². The fourth-order valence-electron chi connectivity index (χ4n) is 2.88. The van der Waals surface area contributed by atoms with Crippen molar-refractivity contribution in [2.24, 2.45) is 0 Å². The molecule has 0 saturated carbocycles. The smallest absolute Gasteiger partial charge is 0.322 e. The van der Waals surface area contributed by atoms with Crippen molar-refractivity contribution in [1.82, 2.24) is 9.97 Å². The van der Waals surface area contributed by atoms with Crippen molar-refractivity contribution in [3.63, 3.8) is 0 Å². The van der Waals surface area contributed by atoms with E-state index < -0.39 is 0 Å². The minimum atomic E-state index is -0.374. The fraction of sp³-hybridized carbons (Fsp3) is 0. The van der Waals surface area contributed by atoms with Gasteiger partial charge in [0.05, 0.1) is 22.3 Å². The summed E-state index contributed by atoms with van der Waals surface area (Å²) < 4.78 is 0. The summed E-state index contributed by atoms with van der Waals surface area (Å²) in [7, 11) is 0. The van der Waals surface area contributed by atoms with Crippen molar-refractivity contribution < 1.29 is 9.59 Å². The van der Waals surface area contributed by atoms with E-state index in [0.717, 1.165) is 0 Å². The Bertz CT molecular complexity index is 1230. The summed E-state index contributed by atoms with van der Waals surface area (Å²) in [6.07, 6.45) is 0. The topological polar surface area (TPSA) is 107 Å². The Morgan fingerprint density at radius 2 is 1.43 bits per heavy atom. The number of aromatic nitrogens is 2. The zero-order valence-corrected chi connectivity index (χ0v) is 14.7. The maximum absolute atomic E-state index is 12.8. The van der Waals surface area contributed by atoms with Crippen LogP contribution >= 0.6 is 0 Å². The van der Waals surface area contributed by atoms with Gasteiger partial charge >= 0.3 is 5.69 Å². The highest BCUT2D eigenvalue weighted by Crippen LogP contribution is 2.20. The van der Waals surface area contributed by atoms with Gasteiger partial charge in [0.2, 0.25) is 0 Å². The number of para-hydroxylation sites is 1. The van der Waals surface area contributed by atoms with Crippen LogP contribution in [0.15, 0.2) is 77.6 Å². The third-order valence-corrected chi connectivity index (χ3v) is 4.23. The molecule has 0 aliphatic carbocycles. The predicted molar refractivity (Wildman–Crippen MR) is 108 cm³/mol. The normalized spacial score (nSPS) is 10.6. The highest BCUT2D eigenvalue weighted by Gasteiger charge is 2.14. The molecule has 2 amide bonds. The van der Waals surface area contributed by atoms with Crippen molar-refractivity contribution in [1.29, 1.82) is 0 Å². The lowest BCUT2D eigenvalue weighted by Crippen LogP contribution is -2.18. The van der Waals surface area contributed by atoms with E-state index in [2.05, 4.69) is 20.6 Å². The lowest BCUT2D eigenvalue weighted by Gasteiger charge is -2.11. The minimum absolute atomic E-state index is 0.299. The van der Waals surface area contributed by atoms with Crippen LogP contribution in [0.2, 0.25) is 0 Å². The molecule has 0 unspecified atom stereocenters. The first kappa shape index (κ1) is 17.3. The Kier molecular flexibility index (Phi) is 4.47. The van der Waals surface area contributed by atoms with Crippen LogP contribution in [0.1, 0.15) is 20.7 Å². The molecule has 4 aromatic rings. The van der Waals surface area contributed by atoms with Gasteiger partial charge in [-0.2, -0.15) is 0 Å². The molecule has 4 N–H and O–H groups in total. The van der Waals surface area contributed by atoms with Gasteiger partial charge in [-0.05, 0) is 42.5 Å². The van der Waals surface area contributed by atoms with Crippen LogP contribution in [0.25, 0.3) is 11.0 Å². The van der Waals surface area contributed by atoms with E-state index in [4.69, 9.17) is 0 Å². The molecule has 7 nitrogen and oxygen atoms in total. The van der Waals surface area contributed by atoms with Gasteiger partial charge in [0.1, 0.15) is 0 Å². The first-order valence-corrected chi connectivity index (χ1v) is 8.59. The number of imidazole rings is 1. The Balaban J connectivity index is 1.57. The van der Waals surface area contributed by atoms with Gasteiger partial charge in [-0.25, -0.2) is 4.79 Å². The second-order valence-electron chi connectivity index (χ2n) is 6.16. The summed E-state index contributed by atoms with van der Waals surface area (Å²) in [5.41, 5.74) is 2.69. The average molecular weight is 372 g/mol. The lowest BCUT2D eigenvalue weighted by molar-refractivity contribution is 0.102. The molecule has 0 aliphatic rings. The number of hydrogen-bond acceptors (Lipinski definition) is 3. The van der Waals surface area contributed by atoms with E-state index in [9.17, 15) is 14.4 Å². The van der Waals surface area contributed by atoms with Crippen LogP contribution in [0.4, 0.5) is 11.4 Å². The highest BCUT2D eigenvalue weighted by atomic mass is 16.2. The summed E-state index contributed by atoms with van der Waals surface area (Å²) in [6, 6.07) is 20.6. The van der Waals surface area contributed by atoms with Crippen LogP contribution in [0.3, 0.4) is 0 Å². The number of amides is 2. The number of H-pyrrole nitrogens is 2. The zero-order valence-electron chi connectivity index (χ0n) is 14.7. The van der Waals surface area contributed by atoms with Crippen LogP contribution in [0, 0.1) is 0 Å². The average Bonchev–Trinajstić information content (AvgIpc) is 3.08. The lowest BCUT2D eigenvalue weighted by atomic mass is 10.1. The summed E-state index contributed by atoms with van der Waals surface area (Å²) in [5.74, 6) is -0.673. The van der Waals surface area contributed by atoms with Crippen molar-refractivity contribution in [3.8, 4) is 0 Å². The van der Waals surface area contributed by atoms with E-state index in [1.165, 1.54) is 0 Å². The zero-order chi connectivity index (χ0) is 19.5. The van der Waals surface area contributed by atoms with E-state index >= 15 is 0 Å². The molecule has 0 atom stereocenters. The number of aromatic amines is 2. The minimum Gasteiger partial charge on any atom is -0.322 e. The molecule has 1 aromatic heterocycles. The van der Waals surface area contributed by atoms with Crippen LogP contribution in [0.5, 0.6) is 0 Å². The third kappa shape index (κ3) is 3.54. The van der Waals surface area contributed by atoms with E-state index in [1.54, 1.807) is 66.7 Å². The molecule has 1 heterocycles. The molecule has 28 heavy (non-hydrogen) atoms. The molecule has 0 spiro atoms. The van der Waals surface area contributed by atoms with Crippen molar-refractivity contribution >= 4 is 34.2 Å². The van der Waals surface area contributed by atoms with E-state index in [-0.39, 0.29) is 17.5 Å². The van der Waals surface area contributed by atoms with Gasteiger partial charge in [0.25, 0.3) is 11.8 Å². The number of carbonyl (C=O) groups excluding carboxylic acids is 2. The summed E-state index contributed by atoms with van der Waals surface area (Å²) in [4.78, 5) is 41.8. The molecule has 7 heteroatoms. The standard InChI is InChI=1S/C21H16N4O3/c26-19(13-6-2-1-3-7-13)23-16-9-5-4-8-15(16)20(27)22-14-10-11-17-18(12-14)25-21(28)24-17/h1-12H,(H,22,27)(H,23,26)(H2,24,25,28). The van der Waals surface area contributed by atoms with Crippen molar-refractivity contribution in [3.05, 3.63) is 94.4 Å². The molecular formula is C21H16N4O3. The largest absolute Gasteiger partial charge is 0.323 e. The van der Waals surface area contributed by atoms with Gasteiger partial charge in [-0.1, -0.05) is 30.3 Å². The Morgan fingerprint density at radius 1 is 0.714 bits per heavy atom. The van der Waals surface area contributed by atoms with Gasteiger partial charge in [0, 0.05) is 11.3 Å². The summed E-state index contributed by atoms with van der Waals surface area (Å²) >= 11 is 0. The van der Waals surface area contributed by atoms with Gasteiger partial charge < -0.3 is 20.6 Å². The van der Waals surface area contributed by atoms with Gasteiger partial charge in [-0.15, -0.1) is 0 Å². The first-order valence-electron chi connectivity index (χ1n) is 8.59. The fourth-order valence-corrected chi connectivity index (χ4v) is 2.88. The van der Waals surface area contributed by atoms with Crippen molar-refractivity contribution in [2.75, 3.05) is 10.6 Å². The Hall–Kier alpha value is -4.13. The second-order valence-corrected chi connectivity index (χ2v) is 6.16. The Labute approximate surface area is 159 Å². The molecule has 0 aliphatic heterocycles. The number of nitrogens with one attached hydrogen (secondary N) is 4. The predicted octanol–water partition coefficient (Wildman–Crippen LogP) is 3.36. The molecule has 0 fully saturated rings. The number of anilines is 2. The van der Waals surface area contributed by atoms with Gasteiger partial charge in [0.15, 0.2) is 0 Å². The van der Waals surface area contributed by atoms with Crippen molar-refractivity contribution in [2.45, 2.75) is 0 Å². The molecular weight excluding hydrogens is 356 g/mol. The highest BCUT2D eigenvalue weighted by molar-refractivity contribution is 6.12. The third-order valence-electron chi connectivity index (χ3n) is 4.23. The van der Waals surface area contributed by atoms with E-state index in [1.807, 2.05) is 6.07 Å². The molecule has 0 radical (unpaired) electrons. The van der Waals surface area contributed by atoms with E-state index in [0.29, 0.717) is 33.5 Å². The molecule has 0 bridgehead atoms. The quantitative estimate of drug-likeness (QED) is 0.441. The number of carbonyl (C=O) groups is 2. The molecule has 4 rings (SSSR count). The number of benzene rings is 3.